The van der Waals surface area contributed by atoms with Gasteiger partial charge in [0.05, 0.1) is 0 Å². The third-order valence-corrected chi connectivity index (χ3v) is 7.15. The molecular weight excluding hydrogens is 520 g/mol. The number of aromatic amines is 1. The molecule has 0 radical (unpaired) electrons. The maximum absolute atomic E-state index is 12.6. The fraction of sp³-hybridized carbons (Fsp3) is 0.154. The molecule has 1 unspecified atom stereocenters. The van der Waals surface area contributed by atoms with E-state index in [0.717, 1.165) is 37.6 Å². The summed E-state index contributed by atoms with van der Waals surface area (Å²) in [4.78, 5) is 27.6. The molecule has 0 saturated heterocycles. The number of carbonyl (C=O) groups excluding carboxylic acids is 1. The van der Waals surface area contributed by atoms with E-state index in [1.807, 2.05) is 54.6 Å². The second kappa shape index (κ2) is 9.16. The number of ether oxygens (including phenoxy) is 1. The SMILES string of the molecule is O=C(NC(Cc1c(Cl)[nH]c2cccc(Br)c12)C(=O)O)OCC1c2ccccc2-c2ccccc21. The third kappa shape index (κ3) is 4.06. The molecule has 0 saturated carbocycles. The Bertz CT molecular complexity index is 1370. The van der Waals surface area contributed by atoms with Crippen LogP contribution in [0, 0.1) is 0 Å². The molecule has 1 heterocycles. The lowest BCUT2D eigenvalue weighted by molar-refractivity contribution is -0.139. The molecule has 1 aliphatic carbocycles. The number of hydrogen-bond donors (Lipinski definition) is 3. The van der Waals surface area contributed by atoms with Crippen molar-refractivity contribution in [2.75, 3.05) is 6.61 Å². The lowest BCUT2D eigenvalue weighted by Gasteiger charge is -2.17. The first-order chi connectivity index (χ1) is 16.4. The van der Waals surface area contributed by atoms with E-state index in [4.69, 9.17) is 16.3 Å². The average Bonchev–Trinajstić information content (AvgIpc) is 3.32. The maximum Gasteiger partial charge on any atom is 0.407 e. The zero-order chi connectivity index (χ0) is 23.8. The normalized spacial score (nSPS) is 13.4. The zero-order valence-corrected chi connectivity index (χ0v) is 20.2. The van der Waals surface area contributed by atoms with Gasteiger partial charge < -0.3 is 20.1 Å². The van der Waals surface area contributed by atoms with Gasteiger partial charge in [0.25, 0.3) is 0 Å². The molecule has 6 nitrogen and oxygen atoms in total. The number of fused-ring (bicyclic) bond motifs is 4. The molecule has 172 valence electrons. The fourth-order valence-corrected chi connectivity index (χ4v) is 5.50. The van der Waals surface area contributed by atoms with Gasteiger partial charge in [-0.2, -0.15) is 0 Å². The van der Waals surface area contributed by atoms with Crippen LogP contribution in [0.3, 0.4) is 0 Å². The smallest absolute Gasteiger partial charge is 0.407 e. The van der Waals surface area contributed by atoms with Crippen molar-refractivity contribution in [2.24, 2.45) is 0 Å². The predicted molar refractivity (Wildman–Crippen MR) is 134 cm³/mol. The Balaban J connectivity index is 1.31. The number of aromatic nitrogens is 1. The van der Waals surface area contributed by atoms with E-state index in [1.54, 1.807) is 0 Å². The molecule has 4 aromatic rings. The second-order valence-electron chi connectivity index (χ2n) is 8.14. The molecule has 8 heteroatoms. The summed E-state index contributed by atoms with van der Waals surface area (Å²) in [6.07, 6.45) is -0.787. The quantitative estimate of drug-likeness (QED) is 0.275. The number of carboxylic acid groups (broad SMARTS) is 1. The van der Waals surface area contributed by atoms with Crippen LogP contribution in [-0.4, -0.2) is 34.8 Å². The van der Waals surface area contributed by atoms with E-state index in [2.05, 4.69) is 38.4 Å². The van der Waals surface area contributed by atoms with Gasteiger partial charge in [-0.25, -0.2) is 9.59 Å². The number of aliphatic carboxylic acids is 1. The van der Waals surface area contributed by atoms with Crippen molar-refractivity contribution < 1.29 is 19.4 Å². The van der Waals surface area contributed by atoms with Crippen molar-refractivity contribution in [3.63, 3.8) is 0 Å². The van der Waals surface area contributed by atoms with Gasteiger partial charge in [0, 0.05) is 33.3 Å². The van der Waals surface area contributed by atoms with Gasteiger partial charge in [0.1, 0.15) is 17.8 Å². The van der Waals surface area contributed by atoms with Crippen LogP contribution in [-0.2, 0) is 16.0 Å². The van der Waals surface area contributed by atoms with E-state index in [9.17, 15) is 14.7 Å². The molecule has 1 aromatic heterocycles. The highest BCUT2D eigenvalue weighted by Gasteiger charge is 2.30. The Labute approximate surface area is 209 Å². The van der Waals surface area contributed by atoms with Crippen molar-refractivity contribution in [3.8, 4) is 11.1 Å². The monoisotopic (exact) mass is 538 g/mol. The summed E-state index contributed by atoms with van der Waals surface area (Å²) in [5, 5.41) is 13.4. The van der Waals surface area contributed by atoms with Crippen LogP contribution in [0.25, 0.3) is 22.0 Å². The number of carbonyl (C=O) groups is 2. The third-order valence-electron chi connectivity index (χ3n) is 6.17. The number of benzene rings is 3. The Morgan fingerprint density at radius 3 is 2.32 bits per heavy atom. The summed E-state index contributed by atoms with van der Waals surface area (Å²) >= 11 is 9.84. The number of halogens is 2. The topological polar surface area (TPSA) is 91.4 Å². The number of carboxylic acids is 1. The number of H-pyrrole nitrogens is 1. The van der Waals surface area contributed by atoms with Crippen molar-refractivity contribution in [1.82, 2.24) is 10.3 Å². The molecule has 5 rings (SSSR count). The molecule has 34 heavy (non-hydrogen) atoms. The Hall–Kier alpha value is -3.29. The van der Waals surface area contributed by atoms with Gasteiger partial charge in [-0.1, -0.05) is 82.1 Å². The van der Waals surface area contributed by atoms with E-state index < -0.39 is 18.1 Å². The van der Waals surface area contributed by atoms with Gasteiger partial charge in [-0.3, -0.25) is 0 Å². The molecule has 0 spiro atoms. The van der Waals surface area contributed by atoms with E-state index in [-0.39, 0.29) is 18.9 Å². The highest BCUT2D eigenvalue weighted by atomic mass is 79.9. The molecule has 1 atom stereocenters. The van der Waals surface area contributed by atoms with Crippen molar-refractivity contribution in [1.29, 1.82) is 0 Å². The van der Waals surface area contributed by atoms with Crippen molar-refractivity contribution >= 4 is 50.5 Å². The highest BCUT2D eigenvalue weighted by Crippen LogP contribution is 2.44. The minimum atomic E-state index is -1.21. The zero-order valence-electron chi connectivity index (χ0n) is 17.8. The first-order valence-corrected chi connectivity index (χ1v) is 11.9. The number of hydrogen-bond acceptors (Lipinski definition) is 3. The second-order valence-corrected chi connectivity index (χ2v) is 9.38. The summed E-state index contributed by atoms with van der Waals surface area (Å²) in [6.45, 7) is 0.103. The Morgan fingerprint density at radius 1 is 1.03 bits per heavy atom. The first kappa shape index (κ1) is 22.5. The molecular formula is C26H20BrClN2O4. The average molecular weight is 540 g/mol. The summed E-state index contributed by atoms with van der Waals surface area (Å²) in [5.74, 6) is -1.29. The number of amides is 1. The van der Waals surface area contributed by atoms with Crippen LogP contribution in [0.15, 0.2) is 71.2 Å². The number of nitrogens with one attached hydrogen (secondary N) is 2. The number of alkyl carbamates (subject to hydrolysis) is 1. The molecule has 3 N–H and O–H groups in total. The maximum atomic E-state index is 12.6. The van der Waals surface area contributed by atoms with Crippen molar-refractivity contribution in [3.05, 3.63) is 93.0 Å². The summed E-state index contributed by atoms with van der Waals surface area (Å²) in [5.41, 5.74) is 5.80. The van der Waals surface area contributed by atoms with Crippen LogP contribution < -0.4 is 5.32 Å². The Morgan fingerprint density at radius 2 is 1.68 bits per heavy atom. The first-order valence-electron chi connectivity index (χ1n) is 10.7. The lowest BCUT2D eigenvalue weighted by Crippen LogP contribution is -2.43. The molecule has 1 amide bonds. The van der Waals surface area contributed by atoms with Crippen LogP contribution in [0.2, 0.25) is 5.15 Å². The molecule has 0 aliphatic heterocycles. The summed E-state index contributed by atoms with van der Waals surface area (Å²) in [7, 11) is 0. The van der Waals surface area contributed by atoms with Gasteiger partial charge in [0.2, 0.25) is 0 Å². The largest absolute Gasteiger partial charge is 0.480 e. The number of rotatable bonds is 6. The van der Waals surface area contributed by atoms with Crippen LogP contribution >= 0.6 is 27.5 Å². The van der Waals surface area contributed by atoms with Gasteiger partial charge in [-0.05, 0) is 34.4 Å². The van der Waals surface area contributed by atoms with Gasteiger partial charge >= 0.3 is 12.1 Å². The molecule has 1 aliphatic rings. The van der Waals surface area contributed by atoms with E-state index in [1.165, 1.54) is 0 Å². The van der Waals surface area contributed by atoms with Gasteiger partial charge in [-0.15, -0.1) is 0 Å². The minimum Gasteiger partial charge on any atom is -0.480 e. The minimum absolute atomic E-state index is 0.000968. The molecule has 0 bridgehead atoms. The Kier molecular flexibility index (Phi) is 6.06. The van der Waals surface area contributed by atoms with Gasteiger partial charge in [0.15, 0.2) is 0 Å². The summed E-state index contributed by atoms with van der Waals surface area (Å²) in [6, 6.07) is 20.4. The molecule has 0 fully saturated rings. The fourth-order valence-electron chi connectivity index (χ4n) is 4.62. The predicted octanol–water partition coefficient (Wildman–Crippen LogP) is 6.12. The standard InChI is InChI=1S/C26H20BrClN2O4/c27-20-10-5-11-21-23(20)18(24(28)29-21)12-22(25(31)32)30-26(33)34-13-19-16-8-3-1-6-14(16)15-7-2-4-9-17(15)19/h1-11,19,22,29H,12-13H2,(H,30,33)(H,31,32). The highest BCUT2D eigenvalue weighted by molar-refractivity contribution is 9.10. The van der Waals surface area contributed by atoms with Crippen LogP contribution in [0.1, 0.15) is 22.6 Å². The summed E-state index contributed by atoms with van der Waals surface area (Å²) < 4.78 is 6.30. The van der Waals surface area contributed by atoms with Crippen molar-refractivity contribution in [2.45, 2.75) is 18.4 Å². The van der Waals surface area contributed by atoms with Crippen LogP contribution in [0.5, 0.6) is 0 Å². The molecule has 3 aromatic carbocycles. The lowest BCUT2D eigenvalue weighted by atomic mass is 9.98. The van der Waals surface area contributed by atoms with E-state index in [0.29, 0.717) is 10.7 Å². The van der Waals surface area contributed by atoms with Crippen LogP contribution in [0.4, 0.5) is 4.79 Å². The van der Waals surface area contributed by atoms with E-state index >= 15 is 0 Å².